The molecule has 1 unspecified atom stereocenters. The summed E-state index contributed by atoms with van der Waals surface area (Å²) in [4.78, 5) is 29.7. The van der Waals surface area contributed by atoms with E-state index in [4.69, 9.17) is 0 Å². The van der Waals surface area contributed by atoms with Crippen molar-refractivity contribution in [1.29, 1.82) is 0 Å². The Balaban J connectivity index is 1.48. The number of piperazine rings is 1. The van der Waals surface area contributed by atoms with Crippen LogP contribution in [0.5, 0.6) is 0 Å². The van der Waals surface area contributed by atoms with Crippen LogP contribution in [0.2, 0.25) is 0 Å². The largest absolute Gasteiger partial charge is 0.339 e. The first-order chi connectivity index (χ1) is 12.5. The third-order valence-electron chi connectivity index (χ3n) is 4.73. The van der Waals surface area contributed by atoms with Gasteiger partial charge in [-0.25, -0.2) is 4.39 Å². The number of halogens is 1. The summed E-state index contributed by atoms with van der Waals surface area (Å²) >= 11 is 1.59. The molecule has 26 heavy (non-hydrogen) atoms. The molecule has 2 aromatic rings. The molecule has 1 atom stereocenters. The molecular weight excluding hydrogens is 351 g/mol. The van der Waals surface area contributed by atoms with E-state index < -0.39 is 0 Å². The van der Waals surface area contributed by atoms with Crippen molar-refractivity contribution in [3.63, 3.8) is 0 Å². The van der Waals surface area contributed by atoms with Crippen molar-refractivity contribution in [3.05, 3.63) is 58.0 Å². The fourth-order valence-electron chi connectivity index (χ4n) is 3.22. The molecule has 1 saturated heterocycles. The second-order valence-corrected chi connectivity index (χ2v) is 7.73. The molecule has 1 aliphatic rings. The van der Waals surface area contributed by atoms with Gasteiger partial charge in [0.25, 0.3) is 0 Å². The minimum atomic E-state index is -0.268. The third kappa shape index (κ3) is 4.69. The van der Waals surface area contributed by atoms with E-state index >= 15 is 0 Å². The number of thiophene rings is 1. The molecule has 0 N–H and O–H groups in total. The van der Waals surface area contributed by atoms with Gasteiger partial charge in [0.2, 0.25) is 11.8 Å². The summed E-state index contributed by atoms with van der Waals surface area (Å²) < 4.78 is 13.0. The predicted octanol–water partition coefficient (Wildman–Crippen LogP) is 2.98. The van der Waals surface area contributed by atoms with Crippen LogP contribution in [0.4, 0.5) is 4.39 Å². The molecule has 0 radical (unpaired) electrons. The zero-order valence-electron chi connectivity index (χ0n) is 14.9. The summed E-state index contributed by atoms with van der Waals surface area (Å²) in [5, 5.41) is 1.97. The van der Waals surface area contributed by atoms with Gasteiger partial charge in [0.05, 0.1) is 6.42 Å². The zero-order valence-corrected chi connectivity index (χ0v) is 15.7. The number of carbonyl (C=O) groups is 2. The van der Waals surface area contributed by atoms with Gasteiger partial charge in [-0.1, -0.05) is 25.1 Å². The van der Waals surface area contributed by atoms with E-state index in [0.29, 0.717) is 39.0 Å². The van der Waals surface area contributed by atoms with Crippen LogP contribution in [0, 0.1) is 11.7 Å². The highest BCUT2D eigenvalue weighted by Crippen LogP contribution is 2.15. The first kappa shape index (κ1) is 18.6. The van der Waals surface area contributed by atoms with Crippen molar-refractivity contribution in [2.45, 2.75) is 19.8 Å². The number of benzene rings is 1. The first-order valence-corrected chi connectivity index (χ1v) is 9.74. The van der Waals surface area contributed by atoms with E-state index in [1.54, 1.807) is 23.5 Å². The van der Waals surface area contributed by atoms with Gasteiger partial charge in [-0.15, -0.1) is 11.3 Å². The van der Waals surface area contributed by atoms with Gasteiger partial charge in [0.1, 0.15) is 5.82 Å². The lowest BCUT2D eigenvalue weighted by atomic mass is 9.99. The van der Waals surface area contributed by atoms with E-state index in [9.17, 15) is 14.0 Å². The Morgan fingerprint density at radius 3 is 2.35 bits per heavy atom. The maximum Gasteiger partial charge on any atom is 0.227 e. The van der Waals surface area contributed by atoms with Crippen molar-refractivity contribution in [1.82, 2.24) is 9.80 Å². The van der Waals surface area contributed by atoms with Crippen LogP contribution < -0.4 is 0 Å². The lowest BCUT2D eigenvalue weighted by Gasteiger charge is -2.36. The average molecular weight is 374 g/mol. The van der Waals surface area contributed by atoms with Gasteiger partial charge in [-0.3, -0.25) is 9.59 Å². The molecule has 6 heteroatoms. The molecule has 0 bridgehead atoms. The molecule has 2 heterocycles. The van der Waals surface area contributed by atoms with E-state index in [1.807, 2.05) is 34.2 Å². The van der Waals surface area contributed by atoms with E-state index in [1.165, 1.54) is 12.1 Å². The number of hydrogen-bond acceptors (Lipinski definition) is 3. The highest BCUT2D eigenvalue weighted by atomic mass is 32.1. The van der Waals surface area contributed by atoms with Gasteiger partial charge >= 0.3 is 0 Å². The van der Waals surface area contributed by atoms with Crippen LogP contribution in [0.25, 0.3) is 0 Å². The molecule has 0 spiro atoms. The van der Waals surface area contributed by atoms with Crippen molar-refractivity contribution in [3.8, 4) is 0 Å². The molecule has 0 aliphatic carbocycles. The Labute approximate surface area is 157 Å². The Hall–Kier alpha value is -2.21. The highest BCUT2D eigenvalue weighted by molar-refractivity contribution is 7.10. The van der Waals surface area contributed by atoms with Crippen molar-refractivity contribution < 1.29 is 14.0 Å². The number of rotatable bonds is 5. The van der Waals surface area contributed by atoms with Gasteiger partial charge in [0, 0.05) is 37.0 Å². The predicted molar refractivity (Wildman–Crippen MR) is 100 cm³/mol. The topological polar surface area (TPSA) is 40.6 Å². The first-order valence-electron chi connectivity index (χ1n) is 8.86. The fraction of sp³-hybridized carbons (Fsp3) is 0.400. The van der Waals surface area contributed by atoms with Crippen LogP contribution in [0.15, 0.2) is 41.8 Å². The second kappa shape index (κ2) is 8.45. The second-order valence-electron chi connectivity index (χ2n) is 6.69. The van der Waals surface area contributed by atoms with Gasteiger partial charge < -0.3 is 9.80 Å². The molecule has 1 aliphatic heterocycles. The van der Waals surface area contributed by atoms with Crippen LogP contribution in [-0.2, 0) is 22.4 Å². The molecule has 1 fully saturated rings. The average Bonchev–Trinajstić information content (AvgIpc) is 3.16. The van der Waals surface area contributed by atoms with Gasteiger partial charge in [-0.2, -0.15) is 0 Å². The van der Waals surface area contributed by atoms with E-state index in [2.05, 4.69) is 0 Å². The number of carbonyl (C=O) groups excluding carboxylic acids is 2. The van der Waals surface area contributed by atoms with Crippen molar-refractivity contribution in [2.75, 3.05) is 26.2 Å². The Kier molecular flexibility index (Phi) is 6.04. The Bertz CT molecular complexity index is 738. The van der Waals surface area contributed by atoms with E-state index in [0.717, 1.165) is 10.4 Å². The van der Waals surface area contributed by atoms with Crippen molar-refractivity contribution >= 4 is 23.2 Å². The van der Waals surface area contributed by atoms with E-state index in [-0.39, 0.29) is 23.5 Å². The van der Waals surface area contributed by atoms with Crippen molar-refractivity contribution in [2.24, 2.45) is 5.92 Å². The monoisotopic (exact) mass is 374 g/mol. The van der Waals surface area contributed by atoms with Crippen LogP contribution in [0.1, 0.15) is 17.4 Å². The Morgan fingerprint density at radius 1 is 1.08 bits per heavy atom. The normalized spacial score (nSPS) is 15.8. The third-order valence-corrected chi connectivity index (χ3v) is 5.60. The molecule has 0 saturated carbocycles. The lowest BCUT2D eigenvalue weighted by Crippen LogP contribution is -2.52. The molecule has 4 nitrogen and oxygen atoms in total. The quantitative estimate of drug-likeness (QED) is 0.807. The van der Waals surface area contributed by atoms with Crippen LogP contribution in [0.3, 0.4) is 0 Å². The minimum Gasteiger partial charge on any atom is -0.339 e. The summed E-state index contributed by atoms with van der Waals surface area (Å²) in [6.45, 7) is 4.21. The van der Waals surface area contributed by atoms with Gasteiger partial charge in [-0.05, 0) is 35.6 Å². The lowest BCUT2D eigenvalue weighted by molar-refractivity contribution is -0.141. The zero-order chi connectivity index (χ0) is 18.5. The Morgan fingerprint density at radius 2 is 1.73 bits per heavy atom. The smallest absolute Gasteiger partial charge is 0.227 e. The number of nitrogens with zero attached hydrogens (tertiary/aromatic N) is 2. The maximum atomic E-state index is 13.0. The molecule has 1 aromatic carbocycles. The van der Waals surface area contributed by atoms with Gasteiger partial charge in [0.15, 0.2) is 0 Å². The van der Waals surface area contributed by atoms with Crippen LogP contribution >= 0.6 is 11.3 Å². The molecular formula is C20H23FN2O2S. The highest BCUT2D eigenvalue weighted by Gasteiger charge is 2.27. The number of amides is 2. The summed E-state index contributed by atoms with van der Waals surface area (Å²) in [5.41, 5.74) is 0.956. The molecule has 1 aromatic heterocycles. The molecule has 3 rings (SSSR count). The minimum absolute atomic E-state index is 0.0969. The molecule has 138 valence electrons. The van der Waals surface area contributed by atoms with Crippen LogP contribution in [-0.4, -0.2) is 47.8 Å². The SMILES string of the molecule is CC(Cc1ccc(F)cc1)C(=O)N1CCN(C(=O)Cc2cccs2)CC1. The maximum absolute atomic E-state index is 13.0. The summed E-state index contributed by atoms with van der Waals surface area (Å²) in [6.07, 6.45) is 1.03. The fourth-order valence-corrected chi connectivity index (χ4v) is 3.92. The summed E-state index contributed by atoms with van der Waals surface area (Å²) in [6, 6.07) is 10.2. The summed E-state index contributed by atoms with van der Waals surface area (Å²) in [5.74, 6) is -0.205. The summed E-state index contributed by atoms with van der Waals surface area (Å²) in [7, 11) is 0. The number of hydrogen-bond donors (Lipinski definition) is 0. The molecule has 2 amide bonds. The standard InChI is InChI=1S/C20H23FN2O2S/c1-15(13-16-4-6-17(21)7-5-16)20(25)23-10-8-22(9-11-23)19(24)14-18-3-2-12-26-18/h2-7,12,15H,8-11,13-14H2,1H3.